The third-order valence-electron chi connectivity index (χ3n) is 2.62. The Kier molecular flexibility index (Phi) is 6.20. The molecule has 0 aliphatic rings. The van der Waals surface area contributed by atoms with Gasteiger partial charge < -0.3 is 11.1 Å². The molecule has 0 aromatic carbocycles. The zero-order valence-electron chi connectivity index (χ0n) is 10.7. The van der Waals surface area contributed by atoms with Crippen molar-refractivity contribution >= 4 is 18.3 Å². The predicted octanol–water partition coefficient (Wildman–Crippen LogP) is 1.06. The van der Waals surface area contributed by atoms with Crippen LogP contribution in [0.4, 0.5) is 0 Å². The number of nitrogens with zero attached hydrogens (tertiary/aromatic N) is 2. The molecule has 0 radical (unpaired) electrons. The normalized spacial score (nSPS) is 13.7. The lowest BCUT2D eigenvalue weighted by Gasteiger charge is -2.14. The Labute approximate surface area is 108 Å². The quantitative estimate of drug-likeness (QED) is 0.850. The van der Waals surface area contributed by atoms with E-state index < -0.39 is 0 Å². The van der Waals surface area contributed by atoms with Crippen LogP contribution in [0.25, 0.3) is 0 Å². The second-order valence-electron chi connectivity index (χ2n) is 4.28. The van der Waals surface area contributed by atoms with Crippen molar-refractivity contribution in [3.8, 4) is 0 Å². The number of hydrogen-bond acceptors (Lipinski definition) is 3. The molecule has 0 saturated carbocycles. The molecule has 2 unspecified atom stereocenters. The number of hydrogen-bond donors (Lipinski definition) is 2. The third-order valence-corrected chi connectivity index (χ3v) is 2.62. The van der Waals surface area contributed by atoms with Crippen LogP contribution in [-0.4, -0.2) is 21.7 Å². The van der Waals surface area contributed by atoms with Crippen molar-refractivity contribution in [1.82, 2.24) is 15.1 Å². The van der Waals surface area contributed by atoms with Gasteiger partial charge >= 0.3 is 0 Å². The lowest BCUT2D eigenvalue weighted by Crippen LogP contribution is -2.31. The number of nitrogens with one attached hydrogen (secondary N) is 1. The molecule has 98 valence electrons. The molecule has 3 N–H and O–H groups in total. The highest BCUT2D eigenvalue weighted by atomic mass is 35.5. The minimum absolute atomic E-state index is 0. The maximum Gasteiger partial charge on any atom is 0.222 e. The van der Waals surface area contributed by atoms with Gasteiger partial charge in [-0.05, 0) is 20.8 Å². The van der Waals surface area contributed by atoms with Gasteiger partial charge in [0.15, 0.2) is 0 Å². The summed E-state index contributed by atoms with van der Waals surface area (Å²) in [6.45, 7) is 5.75. The zero-order chi connectivity index (χ0) is 12.3. The van der Waals surface area contributed by atoms with Crippen molar-refractivity contribution < 1.29 is 4.79 Å². The van der Waals surface area contributed by atoms with Crippen molar-refractivity contribution in [1.29, 1.82) is 0 Å². The fourth-order valence-electron chi connectivity index (χ4n) is 1.61. The molecular formula is C11H21ClN4O. The lowest BCUT2D eigenvalue weighted by molar-refractivity contribution is -0.122. The van der Waals surface area contributed by atoms with Crippen LogP contribution in [0.15, 0.2) is 6.20 Å². The van der Waals surface area contributed by atoms with Crippen molar-refractivity contribution in [2.45, 2.75) is 39.3 Å². The molecule has 6 heteroatoms. The molecule has 1 heterocycles. The summed E-state index contributed by atoms with van der Waals surface area (Å²) in [6.07, 6.45) is 2.13. The van der Waals surface area contributed by atoms with Gasteiger partial charge in [-0.2, -0.15) is 5.10 Å². The van der Waals surface area contributed by atoms with E-state index in [1.807, 2.05) is 27.8 Å². The molecule has 1 rings (SSSR count). The highest BCUT2D eigenvalue weighted by Crippen LogP contribution is 2.15. The fourth-order valence-corrected chi connectivity index (χ4v) is 1.61. The standard InChI is InChI=1S/C11H20N4O.ClH/c1-7(12)5-11(16)14-8(2)10-6-13-15(4)9(10)3;/h6-8H,5,12H2,1-4H3,(H,14,16);1H. The number of carbonyl (C=O) groups is 1. The minimum atomic E-state index is -0.109. The van der Waals surface area contributed by atoms with Crippen molar-refractivity contribution in [2.75, 3.05) is 0 Å². The summed E-state index contributed by atoms with van der Waals surface area (Å²) < 4.78 is 1.80. The summed E-state index contributed by atoms with van der Waals surface area (Å²) in [5.74, 6) is -0.0225. The lowest BCUT2D eigenvalue weighted by atomic mass is 10.1. The summed E-state index contributed by atoms with van der Waals surface area (Å²) in [5, 5.41) is 7.06. The first-order valence-electron chi connectivity index (χ1n) is 5.45. The van der Waals surface area contributed by atoms with Gasteiger partial charge in [-0.15, -0.1) is 12.4 Å². The maximum atomic E-state index is 11.5. The Morgan fingerprint density at radius 2 is 2.18 bits per heavy atom. The molecule has 2 atom stereocenters. The van der Waals surface area contributed by atoms with Gasteiger partial charge in [0.1, 0.15) is 0 Å². The largest absolute Gasteiger partial charge is 0.349 e. The maximum absolute atomic E-state index is 11.5. The summed E-state index contributed by atoms with van der Waals surface area (Å²) in [5.41, 5.74) is 7.67. The number of rotatable bonds is 4. The van der Waals surface area contributed by atoms with Gasteiger partial charge in [-0.1, -0.05) is 0 Å². The van der Waals surface area contributed by atoms with E-state index in [-0.39, 0.29) is 30.4 Å². The zero-order valence-corrected chi connectivity index (χ0v) is 11.5. The van der Waals surface area contributed by atoms with E-state index >= 15 is 0 Å². The van der Waals surface area contributed by atoms with E-state index in [9.17, 15) is 4.79 Å². The number of carbonyl (C=O) groups excluding carboxylic acids is 1. The van der Waals surface area contributed by atoms with Crippen LogP contribution >= 0.6 is 12.4 Å². The van der Waals surface area contributed by atoms with E-state index in [1.54, 1.807) is 10.9 Å². The predicted molar refractivity (Wildman–Crippen MR) is 70.0 cm³/mol. The number of aromatic nitrogens is 2. The highest BCUT2D eigenvalue weighted by Gasteiger charge is 2.14. The summed E-state index contributed by atoms with van der Waals surface area (Å²) in [4.78, 5) is 11.5. The Hall–Kier alpha value is -1.07. The molecule has 0 aliphatic carbocycles. The SMILES string of the molecule is Cc1c(C(C)NC(=O)CC(C)N)cnn1C.Cl. The molecule has 1 amide bonds. The summed E-state index contributed by atoms with van der Waals surface area (Å²) in [7, 11) is 1.88. The van der Waals surface area contributed by atoms with Gasteiger partial charge in [0, 0.05) is 30.8 Å². The van der Waals surface area contributed by atoms with Crippen LogP contribution in [-0.2, 0) is 11.8 Å². The van der Waals surface area contributed by atoms with Gasteiger partial charge in [0.2, 0.25) is 5.91 Å². The number of nitrogens with two attached hydrogens (primary N) is 1. The van der Waals surface area contributed by atoms with Gasteiger partial charge in [0.25, 0.3) is 0 Å². The van der Waals surface area contributed by atoms with Gasteiger partial charge in [-0.3, -0.25) is 9.48 Å². The molecule has 0 aliphatic heterocycles. The topological polar surface area (TPSA) is 72.9 Å². The van der Waals surface area contributed by atoms with Crippen molar-refractivity contribution in [2.24, 2.45) is 12.8 Å². The Morgan fingerprint density at radius 3 is 2.59 bits per heavy atom. The summed E-state index contributed by atoms with van der Waals surface area (Å²) >= 11 is 0. The van der Waals surface area contributed by atoms with Crippen LogP contribution < -0.4 is 11.1 Å². The van der Waals surface area contributed by atoms with E-state index in [0.717, 1.165) is 11.3 Å². The molecule has 5 nitrogen and oxygen atoms in total. The molecule has 0 saturated heterocycles. The van der Waals surface area contributed by atoms with Crippen LogP contribution in [0.3, 0.4) is 0 Å². The average molecular weight is 261 g/mol. The molecule has 1 aromatic rings. The highest BCUT2D eigenvalue weighted by molar-refractivity contribution is 5.85. The van der Waals surface area contributed by atoms with Crippen molar-refractivity contribution in [3.05, 3.63) is 17.5 Å². The molecule has 17 heavy (non-hydrogen) atoms. The first-order valence-corrected chi connectivity index (χ1v) is 5.45. The average Bonchev–Trinajstić information content (AvgIpc) is 2.45. The third kappa shape index (κ3) is 4.36. The smallest absolute Gasteiger partial charge is 0.222 e. The number of aryl methyl sites for hydroxylation is 1. The van der Waals surface area contributed by atoms with Crippen LogP contribution in [0.5, 0.6) is 0 Å². The molecule has 0 bridgehead atoms. The van der Waals surface area contributed by atoms with Crippen molar-refractivity contribution in [3.63, 3.8) is 0 Å². The van der Waals surface area contributed by atoms with Crippen LogP contribution in [0.2, 0.25) is 0 Å². The van der Waals surface area contributed by atoms with Crippen LogP contribution in [0, 0.1) is 6.92 Å². The molecular weight excluding hydrogens is 240 g/mol. The summed E-state index contributed by atoms with van der Waals surface area (Å²) in [6, 6.07) is -0.137. The van der Waals surface area contributed by atoms with Gasteiger partial charge in [-0.25, -0.2) is 0 Å². The van der Waals surface area contributed by atoms with E-state index in [2.05, 4.69) is 10.4 Å². The number of amides is 1. The Morgan fingerprint density at radius 1 is 1.59 bits per heavy atom. The number of halogens is 1. The fraction of sp³-hybridized carbons (Fsp3) is 0.636. The first kappa shape index (κ1) is 15.9. The molecule has 0 spiro atoms. The van der Waals surface area contributed by atoms with Gasteiger partial charge in [0.05, 0.1) is 12.2 Å². The van der Waals surface area contributed by atoms with E-state index in [4.69, 9.17) is 5.73 Å². The minimum Gasteiger partial charge on any atom is -0.349 e. The molecule has 0 fully saturated rings. The second-order valence-corrected chi connectivity index (χ2v) is 4.28. The monoisotopic (exact) mass is 260 g/mol. The van der Waals surface area contributed by atoms with E-state index in [0.29, 0.717) is 6.42 Å². The first-order chi connectivity index (χ1) is 7.41. The Balaban J connectivity index is 0.00000256. The van der Waals surface area contributed by atoms with E-state index in [1.165, 1.54) is 0 Å². The second kappa shape index (κ2) is 6.61. The molecule has 1 aromatic heterocycles. The Bertz CT molecular complexity index is 376. The van der Waals surface area contributed by atoms with Crippen LogP contribution in [0.1, 0.15) is 37.6 Å².